The van der Waals surface area contributed by atoms with E-state index in [-0.39, 0.29) is 17.9 Å². The summed E-state index contributed by atoms with van der Waals surface area (Å²) in [6.07, 6.45) is 2.00. The molecule has 2 rings (SSSR count). The van der Waals surface area contributed by atoms with Crippen LogP contribution in [0, 0.1) is 6.92 Å². The van der Waals surface area contributed by atoms with Crippen LogP contribution >= 0.6 is 15.9 Å². The lowest BCUT2D eigenvalue weighted by Gasteiger charge is -2.24. The van der Waals surface area contributed by atoms with Crippen LogP contribution in [0.4, 0.5) is 0 Å². The maximum Gasteiger partial charge on any atom is 0.258 e. The van der Waals surface area contributed by atoms with Gasteiger partial charge >= 0.3 is 0 Å². The Morgan fingerprint density at radius 2 is 2.26 bits per heavy atom. The van der Waals surface area contributed by atoms with Crippen molar-refractivity contribution in [3.8, 4) is 0 Å². The second kappa shape index (κ2) is 7.27. The van der Waals surface area contributed by atoms with Crippen LogP contribution in [0.15, 0.2) is 34.0 Å². The second-order valence-corrected chi connectivity index (χ2v) is 6.87. The van der Waals surface area contributed by atoms with Crippen LogP contribution in [0.2, 0.25) is 0 Å². The summed E-state index contributed by atoms with van der Waals surface area (Å²) in [5.41, 5.74) is 1.06. The van der Waals surface area contributed by atoms with E-state index in [0.717, 1.165) is 28.6 Å². The highest BCUT2D eigenvalue weighted by Crippen LogP contribution is 2.27. The number of carbonyl (C=O) groups is 2. The molecule has 1 fully saturated rings. The van der Waals surface area contributed by atoms with Crippen LogP contribution in [0.1, 0.15) is 30.9 Å². The number of hydrogen-bond acceptors (Lipinski definition) is 4. The van der Waals surface area contributed by atoms with Gasteiger partial charge in [-0.15, -0.1) is 0 Å². The molecule has 1 amide bonds. The molecule has 1 aromatic rings. The lowest BCUT2D eigenvalue weighted by Crippen LogP contribution is -2.41. The monoisotopic (exact) mass is 380 g/mol. The third kappa shape index (κ3) is 4.00. The molecule has 1 aromatic carbocycles. The molecule has 1 atom stereocenters. The molecule has 0 bridgehead atoms. The Morgan fingerprint density at radius 3 is 2.87 bits per heavy atom. The van der Waals surface area contributed by atoms with Crippen molar-refractivity contribution in [2.75, 3.05) is 6.54 Å². The molecule has 1 saturated heterocycles. The van der Waals surface area contributed by atoms with Gasteiger partial charge in [-0.3, -0.25) is 9.59 Å². The number of amides is 1. The van der Waals surface area contributed by atoms with Gasteiger partial charge in [0.2, 0.25) is 0 Å². The van der Waals surface area contributed by atoms with Crippen LogP contribution in [0.5, 0.6) is 0 Å². The van der Waals surface area contributed by atoms with E-state index in [4.69, 9.17) is 0 Å². The average Bonchev–Trinajstić information content (AvgIpc) is 2.97. The molecule has 5 nitrogen and oxygen atoms in total. The van der Waals surface area contributed by atoms with Gasteiger partial charge in [-0.1, -0.05) is 33.6 Å². The quantitative estimate of drug-likeness (QED) is 0.241. The SMILES string of the molecule is Cc1ccc(Br)c(CNC(=O)/C(C=O)=C(/O)C2(C)CCCN2)c1. The lowest BCUT2D eigenvalue weighted by molar-refractivity contribution is -0.119. The smallest absolute Gasteiger partial charge is 0.258 e. The number of hydrogen-bond donors (Lipinski definition) is 3. The number of aldehydes is 1. The summed E-state index contributed by atoms with van der Waals surface area (Å²) in [7, 11) is 0. The Hall–Kier alpha value is -1.66. The Bertz CT molecular complexity index is 649. The highest BCUT2D eigenvalue weighted by Gasteiger charge is 2.35. The fraction of sp³-hybridized carbons (Fsp3) is 0.412. The van der Waals surface area contributed by atoms with Gasteiger partial charge in [-0.05, 0) is 44.9 Å². The van der Waals surface area contributed by atoms with E-state index in [1.54, 1.807) is 6.92 Å². The molecule has 1 unspecified atom stereocenters. The first-order valence-corrected chi connectivity index (χ1v) is 8.34. The van der Waals surface area contributed by atoms with Crippen molar-refractivity contribution < 1.29 is 14.7 Å². The van der Waals surface area contributed by atoms with Crippen LogP contribution in [-0.4, -0.2) is 29.4 Å². The predicted molar refractivity (Wildman–Crippen MR) is 92.1 cm³/mol. The molecule has 23 heavy (non-hydrogen) atoms. The molecule has 1 heterocycles. The van der Waals surface area contributed by atoms with Gasteiger partial charge < -0.3 is 15.7 Å². The van der Waals surface area contributed by atoms with Crippen molar-refractivity contribution >= 4 is 28.1 Å². The van der Waals surface area contributed by atoms with Crippen molar-refractivity contribution in [3.63, 3.8) is 0 Å². The predicted octanol–water partition coefficient (Wildman–Crippen LogP) is 2.53. The number of aryl methyl sites for hydroxylation is 1. The van der Waals surface area contributed by atoms with Gasteiger partial charge in [0.05, 0.1) is 5.54 Å². The highest BCUT2D eigenvalue weighted by molar-refractivity contribution is 9.10. The Labute approximate surface area is 144 Å². The molecular weight excluding hydrogens is 360 g/mol. The summed E-state index contributed by atoms with van der Waals surface area (Å²) in [5.74, 6) is -0.758. The summed E-state index contributed by atoms with van der Waals surface area (Å²) in [6, 6.07) is 5.83. The Kier molecular flexibility index (Phi) is 5.59. The van der Waals surface area contributed by atoms with Crippen LogP contribution in [0.25, 0.3) is 0 Å². The third-order valence-corrected chi connectivity index (χ3v) is 4.92. The van der Waals surface area contributed by atoms with E-state index in [2.05, 4.69) is 26.6 Å². The molecular formula is C17H21BrN2O3. The van der Waals surface area contributed by atoms with Gasteiger partial charge in [0.25, 0.3) is 5.91 Å². The minimum atomic E-state index is -0.711. The molecule has 0 radical (unpaired) electrons. The standard InChI is InChI=1S/C17H21BrN2O3/c1-11-4-5-14(18)12(8-11)9-19-16(23)13(10-21)15(22)17(2)6-3-7-20-17/h4-5,8,10,20,22H,3,6-7,9H2,1-2H3,(H,19,23)/b15-13+. The third-order valence-electron chi connectivity index (χ3n) is 4.15. The zero-order chi connectivity index (χ0) is 17.0. The molecule has 0 spiro atoms. The minimum absolute atomic E-state index is 0.189. The molecule has 0 saturated carbocycles. The van der Waals surface area contributed by atoms with E-state index in [9.17, 15) is 14.7 Å². The molecule has 124 valence electrons. The van der Waals surface area contributed by atoms with Gasteiger partial charge in [0.1, 0.15) is 11.3 Å². The van der Waals surface area contributed by atoms with E-state index in [1.165, 1.54) is 0 Å². The normalized spacial score (nSPS) is 21.7. The second-order valence-electron chi connectivity index (χ2n) is 6.02. The number of nitrogens with one attached hydrogen (secondary N) is 2. The fourth-order valence-corrected chi connectivity index (χ4v) is 3.11. The highest BCUT2D eigenvalue weighted by atomic mass is 79.9. The van der Waals surface area contributed by atoms with E-state index in [1.807, 2.05) is 25.1 Å². The van der Waals surface area contributed by atoms with E-state index in [0.29, 0.717) is 12.7 Å². The summed E-state index contributed by atoms with van der Waals surface area (Å²) in [6.45, 7) is 4.79. The van der Waals surface area contributed by atoms with Crippen LogP contribution < -0.4 is 10.6 Å². The summed E-state index contributed by atoms with van der Waals surface area (Å²) in [4.78, 5) is 23.6. The molecule has 0 aromatic heterocycles. The van der Waals surface area contributed by atoms with Crippen molar-refractivity contribution in [3.05, 3.63) is 45.1 Å². The number of rotatable bonds is 5. The van der Waals surface area contributed by atoms with Gasteiger partial charge in [-0.25, -0.2) is 0 Å². The first-order valence-electron chi connectivity index (χ1n) is 7.54. The van der Waals surface area contributed by atoms with Gasteiger partial charge in [-0.2, -0.15) is 0 Å². The largest absolute Gasteiger partial charge is 0.509 e. The van der Waals surface area contributed by atoms with E-state index < -0.39 is 11.4 Å². The maximum atomic E-state index is 12.3. The topological polar surface area (TPSA) is 78.4 Å². The zero-order valence-electron chi connectivity index (χ0n) is 13.3. The van der Waals surface area contributed by atoms with Crippen molar-refractivity contribution in [1.29, 1.82) is 0 Å². The molecule has 1 aliphatic heterocycles. The number of carbonyl (C=O) groups excluding carboxylic acids is 2. The van der Waals surface area contributed by atoms with Crippen LogP contribution in [-0.2, 0) is 16.1 Å². The number of halogens is 1. The summed E-state index contributed by atoms with van der Waals surface area (Å²) >= 11 is 3.43. The first-order chi connectivity index (χ1) is 10.9. The van der Waals surface area contributed by atoms with Gasteiger partial charge in [0, 0.05) is 11.0 Å². The number of benzene rings is 1. The number of aliphatic hydroxyl groups is 1. The fourth-order valence-electron chi connectivity index (χ4n) is 2.72. The molecule has 1 aliphatic rings. The number of aliphatic hydroxyl groups excluding tert-OH is 1. The molecule has 0 aliphatic carbocycles. The molecule has 3 N–H and O–H groups in total. The van der Waals surface area contributed by atoms with Crippen LogP contribution in [0.3, 0.4) is 0 Å². The van der Waals surface area contributed by atoms with Crippen molar-refractivity contribution in [2.45, 2.75) is 38.8 Å². The minimum Gasteiger partial charge on any atom is -0.509 e. The van der Waals surface area contributed by atoms with E-state index >= 15 is 0 Å². The Morgan fingerprint density at radius 1 is 1.52 bits per heavy atom. The average molecular weight is 381 g/mol. The summed E-state index contributed by atoms with van der Waals surface area (Å²) in [5, 5.41) is 16.2. The maximum absolute atomic E-state index is 12.3. The first kappa shape index (κ1) is 17.7. The zero-order valence-corrected chi connectivity index (χ0v) is 14.9. The Balaban J connectivity index is 2.14. The van der Waals surface area contributed by atoms with Gasteiger partial charge in [0.15, 0.2) is 6.29 Å². The lowest BCUT2D eigenvalue weighted by atomic mass is 9.94. The van der Waals surface area contributed by atoms with Crippen molar-refractivity contribution in [1.82, 2.24) is 10.6 Å². The summed E-state index contributed by atoms with van der Waals surface area (Å²) < 4.78 is 0.883. The molecule has 6 heteroatoms. The van der Waals surface area contributed by atoms with Crippen molar-refractivity contribution in [2.24, 2.45) is 0 Å².